The van der Waals surface area contributed by atoms with Crippen LogP contribution in [0.4, 0.5) is 0 Å². The zero-order chi connectivity index (χ0) is 25.0. The topological polar surface area (TPSA) is 104 Å². The van der Waals surface area contributed by atoms with Crippen LogP contribution in [0.1, 0.15) is 55.1 Å². The molecule has 34 heavy (non-hydrogen) atoms. The van der Waals surface area contributed by atoms with Gasteiger partial charge in [0.15, 0.2) is 0 Å². The molecule has 0 radical (unpaired) electrons. The van der Waals surface area contributed by atoms with E-state index in [1.165, 1.54) is 17.0 Å². The summed E-state index contributed by atoms with van der Waals surface area (Å²) in [5.74, 6) is -1.34. The molecule has 0 bridgehead atoms. The summed E-state index contributed by atoms with van der Waals surface area (Å²) in [6, 6.07) is 12.8. The summed E-state index contributed by atoms with van der Waals surface area (Å²) in [5.41, 5.74) is 1.98. The number of fused-ring (bicyclic) bond motifs is 1. The summed E-state index contributed by atoms with van der Waals surface area (Å²) in [6.07, 6.45) is 0.519. The Morgan fingerprint density at radius 3 is 2.44 bits per heavy atom. The average Bonchev–Trinajstić information content (AvgIpc) is 3.00. The molecule has 0 saturated carbocycles. The zero-order valence-electron chi connectivity index (χ0n) is 19.9. The number of amides is 3. The molecule has 3 amide bonds. The molecule has 2 aromatic rings. The molecule has 3 rings (SSSR count). The fraction of sp³-hybridized carbons (Fsp3) is 0.400. The molecular weight excluding hydrogens is 454 g/mol. The lowest BCUT2D eigenvalue weighted by Crippen LogP contribution is -2.50. The monoisotopic (exact) mass is 485 g/mol. The highest BCUT2D eigenvalue weighted by Crippen LogP contribution is 2.30. The van der Waals surface area contributed by atoms with Crippen molar-refractivity contribution in [3.63, 3.8) is 0 Å². The summed E-state index contributed by atoms with van der Waals surface area (Å²) in [7, 11) is -4.00. The number of carbonyl (C=O) groups excluding carboxylic acids is 3. The van der Waals surface area contributed by atoms with Crippen LogP contribution >= 0.6 is 0 Å². The molecule has 0 saturated heterocycles. The van der Waals surface area contributed by atoms with Crippen molar-refractivity contribution < 1.29 is 22.8 Å². The van der Waals surface area contributed by atoms with Gasteiger partial charge in [-0.15, -0.1) is 0 Å². The Morgan fingerprint density at radius 2 is 1.79 bits per heavy atom. The summed E-state index contributed by atoms with van der Waals surface area (Å²) in [5, 5.41) is 2.90. The van der Waals surface area contributed by atoms with Crippen molar-refractivity contribution in [3.8, 4) is 0 Å². The number of nitrogens with one attached hydrogen (secondary N) is 1. The predicted molar refractivity (Wildman–Crippen MR) is 128 cm³/mol. The number of aryl methyl sites for hydroxylation is 1. The van der Waals surface area contributed by atoms with Crippen LogP contribution in [0.2, 0.25) is 0 Å². The van der Waals surface area contributed by atoms with Gasteiger partial charge in [0, 0.05) is 25.6 Å². The van der Waals surface area contributed by atoms with Crippen molar-refractivity contribution in [2.75, 3.05) is 6.54 Å². The van der Waals surface area contributed by atoms with E-state index in [0.717, 1.165) is 21.9 Å². The van der Waals surface area contributed by atoms with Gasteiger partial charge in [-0.2, -0.15) is 0 Å². The molecular formula is C25H31N3O5S. The van der Waals surface area contributed by atoms with Crippen molar-refractivity contribution in [3.05, 3.63) is 65.2 Å². The van der Waals surface area contributed by atoms with Crippen molar-refractivity contribution in [2.24, 2.45) is 0 Å². The van der Waals surface area contributed by atoms with Gasteiger partial charge in [0.05, 0.1) is 5.56 Å². The van der Waals surface area contributed by atoms with Crippen molar-refractivity contribution in [1.29, 1.82) is 0 Å². The van der Waals surface area contributed by atoms with Gasteiger partial charge >= 0.3 is 0 Å². The summed E-state index contributed by atoms with van der Waals surface area (Å²) in [4.78, 5) is 40.2. The molecule has 0 aromatic heterocycles. The van der Waals surface area contributed by atoms with E-state index in [9.17, 15) is 22.8 Å². The molecule has 2 aromatic carbocycles. The molecule has 1 heterocycles. The van der Waals surface area contributed by atoms with E-state index in [1.54, 1.807) is 19.1 Å². The molecule has 9 heteroatoms. The third-order valence-corrected chi connectivity index (χ3v) is 7.89. The van der Waals surface area contributed by atoms with Crippen LogP contribution in [-0.2, 0) is 26.2 Å². The third kappa shape index (κ3) is 5.30. The Hall–Kier alpha value is -3.20. The number of benzene rings is 2. The largest absolute Gasteiger partial charge is 0.352 e. The van der Waals surface area contributed by atoms with Crippen LogP contribution < -0.4 is 5.32 Å². The van der Waals surface area contributed by atoms with Crippen LogP contribution in [0, 0.1) is 6.92 Å². The van der Waals surface area contributed by atoms with Gasteiger partial charge in [-0.25, -0.2) is 12.7 Å². The normalized spacial score (nSPS) is 16.0. The second-order valence-corrected chi connectivity index (χ2v) is 10.5. The van der Waals surface area contributed by atoms with Gasteiger partial charge in [0.1, 0.15) is 10.9 Å². The van der Waals surface area contributed by atoms with E-state index >= 15 is 0 Å². The first kappa shape index (κ1) is 25.4. The second kappa shape index (κ2) is 10.4. The van der Waals surface area contributed by atoms with Crippen LogP contribution in [0.3, 0.4) is 0 Å². The number of sulfonamides is 1. The van der Waals surface area contributed by atoms with E-state index in [0.29, 0.717) is 0 Å². The quantitative estimate of drug-likeness (QED) is 0.588. The maximum atomic E-state index is 13.3. The van der Waals surface area contributed by atoms with Gasteiger partial charge in [-0.3, -0.25) is 14.4 Å². The lowest BCUT2D eigenvalue weighted by Gasteiger charge is -2.30. The minimum Gasteiger partial charge on any atom is -0.352 e. The Labute approximate surface area is 201 Å². The van der Waals surface area contributed by atoms with E-state index in [2.05, 4.69) is 5.32 Å². The standard InChI is InChI=1S/C25H31N3O5S/c1-5-18(3)26-24(30)19(4)27(16-20-10-8-9-17(2)15-20)23(29)13-14-28-25(31)21-11-6-7-12-22(21)34(28,32)33/h6-12,15,18-19H,5,13-14,16H2,1-4H3,(H,26,30)/t18-,19-/m1/s1. The first-order chi connectivity index (χ1) is 16.1. The zero-order valence-corrected chi connectivity index (χ0v) is 20.8. The third-order valence-electron chi connectivity index (χ3n) is 6.04. The molecule has 0 fully saturated rings. The first-order valence-corrected chi connectivity index (χ1v) is 12.8. The van der Waals surface area contributed by atoms with Crippen molar-refractivity contribution in [1.82, 2.24) is 14.5 Å². The summed E-state index contributed by atoms with van der Waals surface area (Å²) in [6.45, 7) is 7.33. The average molecular weight is 486 g/mol. The van der Waals surface area contributed by atoms with Crippen molar-refractivity contribution >= 4 is 27.7 Å². The molecule has 8 nitrogen and oxygen atoms in total. The minimum atomic E-state index is -4.00. The molecule has 2 atom stereocenters. The Bertz CT molecular complexity index is 1190. The van der Waals surface area contributed by atoms with Crippen LogP contribution in [-0.4, -0.2) is 54.0 Å². The highest BCUT2D eigenvalue weighted by molar-refractivity contribution is 7.90. The number of hydrogen-bond donors (Lipinski definition) is 1. The Kier molecular flexibility index (Phi) is 7.76. The SMILES string of the molecule is CC[C@@H](C)NC(=O)[C@@H](C)N(Cc1cccc(C)c1)C(=O)CCN1C(=O)c2ccccc2S1(=O)=O. The molecule has 1 aliphatic heterocycles. The number of carbonyl (C=O) groups is 3. The lowest BCUT2D eigenvalue weighted by molar-refractivity contribution is -0.140. The van der Waals surface area contributed by atoms with E-state index in [1.807, 2.05) is 45.0 Å². The van der Waals surface area contributed by atoms with Gasteiger partial charge in [0.25, 0.3) is 15.9 Å². The fourth-order valence-corrected chi connectivity index (χ4v) is 5.42. The van der Waals surface area contributed by atoms with Gasteiger partial charge in [-0.05, 0) is 44.9 Å². The lowest BCUT2D eigenvalue weighted by atomic mass is 10.1. The van der Waals surface area contributed by atoms with Gasteiger partial charge < -0.3 is 10.2 Å². The van der Waals surface area contributed by atoms with Crippen LogP contribution in [0.15, 0.2) is 53.4 Å². The number of nitrogens with zero attached hydrogens (tertiary/aromatic N) is 2. The highest BCUT2D eigenvalue weighted by Gasteiger charge is 2.41. The number of hydrogen-bond acceptors (Lipinski definition) is 5. The minimum absolute atomic E-state index is 0.0447. The first-order valence-electron chi connectivity index (χ1n) is 11.4. The van der Waals surface area contributed by atoms with Gasteiger partial charge in [0.2, 0.25) is 11.8 Å². The second-order valence-electron chi connectivity index (χ2n) is 8.63. The Morgan fingerprint density at radius 1 is 1.09 bits per heavy atom. The van der Waals surface area contributed by atoms with E-state index in [-0.39, 0.29) is 41.9 Å². The highest BCUT2D eigenvalue weighted by atomic mass is 32.2. The maximum Gasteiger partial charge on any atom is 0.269 e. The predicted octanol–water partition coefficient (Wildman–Crippen LogP) is 2.86. The molecule has 0 unspecified atom stereocenters. The molecule has 1 N–H and O–H groups in total. The van der Waals surface area contributed by atoms with E-state index in [4.69, 9.17) is 0 Å². The fourth-order valence-electron chi connectivity index (χ4n) is 3.85. The van der Waals surface area contributed by atoms with Crippen molar-refractivity contribution in [2.45, 2.75) is 64.1 Å². The molecule has 182 valence electrons. The summed E-state index contributed by atoms with van der Waals surface area (Å²) < 4.78 is 26.4. The number of rotatable bonds is 9. The maximum absolute atomic E-state index is 13.3. The summed E-state index contributed by atoms with van der Waals surface area (Å²) >= 11 is 0. The van der Waals surface area contributed by atoms with Crippen LogP contribution in [0.5, 0.6) is 0 Å². The molecule has 1 aliphatic rings. The Balaban J connectivity index is 1.79. The van der Waals surface area contributed by atoms with Gasteiger partial charge in [-0.1, -0.05) is 48.9 Å². The van der Waals surface area contributed by atoms with Crippen LogP contribution in [0.25, 0.3) is 0 Å². The molecule has 0 aliphatic carbocycles. The molecule has 0 spiro atoms. The smallest absolute Gasteiger partial charge is 0.269 e. The van der Waals surface area contributed by atoms with E-state index < -0.39 is 27.9 Å².